The summed E-state index contributed by atoms with van der Waals surface area (Å²) in [5.41, 5.74) is 10.4. The standard InChI is InChI=1S/C23H20N6O.2ClH/c24-20(29-30)23(17-11-9-14-5-1-2-7-16(14)13-17)21(27-22(25)28-23)26-19-12-10-15-6-3-4-8-18(15)19;;/h1-9,11,13,30H,10,12H2,(H2,24,29)(H2,25,28);2*1H. The lowest BCUT2D eigenvalue weighted by molar-refractivity contribution is 0.227. The second-order valence-corrected chi connectivity index (χ2v) is 7.38. The van der Waals surface area contributed by atoms with Crippen LogP contribution in [0.15, 0.2) is 81.7 Å². The zero-order valence-corrected chi connectivity index (χ0v) is 18.6. The van der Waals surface area contributed by atoms with Crippen LogP contribution < -0.4 is 11.2 Å². The SMILES string of the molecule is Cl.Cl.N=C(NO)C1(c2ccc3ccccc3c2)N=C(N)N=C1N=C1CCc2ccccc21. The van der Waals surface area contributed by atoms with Gasteiger partial charge in [0, 0.05) is 0 Å². The number of halogens is 2. The van der Waals surface area contributed by atoms with Gasteiger partial charge in [-0.3, -0.25) is 16.1 Å². The van der Waals surface area contributed by atoms with Crippen LogP contribution in [0.3, 0.4) is 0 Å². The Morgan fingerprint density at radius 1 is 1.00 bits per heavy atom. The van der Waals surface area contributed by atoms with Gasteiger partial charge in [0.1, 0.15) is 0 Å². The first-order valence-electron chi connectivity index (χ1n) is 9.70. The molecular formula is C23H22Cl2N6O. The summed E-state index contributed by atoms with van der Waals surface area (Å²) in [6.07, 6.45) is 1.67. The van der Waals surface area contributed by atoms with Crippen LogP contribution in [0.1, 0.15) is 23.1 Å². The van der Waals surface area contributed by atoms with E-state index in [1.54, 1.807) is 0 Å². The molecule has 7 nitrogen and oxygen atoms in total. The third-order valence-electron chi connectivity index (χ3n) is 5.67. The molecule has 5 N–H and O–H groups in total. The minimum Gasteiger partial charge on any atom is -0.368 e. The molecule has 0 spiro atoms. The number of fused-ring (bicyclic) bond motifs is 2. The lowest BCUT2D eigenvalue weighted by atomic mass is 9.86. The molecule has 0 fully saturated rings. The van der Waals surface area contributed by atoms with Gasteiger partial charge in [0.05, 0.1) is 5.71 Å². The maximum absolute atomic E-state index is 9.67. The summed E-state index contributed by atoms with van der Waals surface area (Å²) in [6, 6.07) is 21.8. The van der Waals surface area contributed by atoms with Gasteiger partial charge < -0.3 is 5.73 Å². The lowest BCUT2D eigenvalue weighted by Crippen LogP contribution is -2.46. The Bertz CT molecular complexity index is 1290. The number of rotatable bonds is 2. The number of hydrogen-bond donors (Lipinski definition) is 4. The van der Waals surface area contributed by atoms with Crippen LogP contribution in [-0.4, -0.2) is 28.5 Å². The summed E-state index contributed by atoms with van der Waals surface area (Å²) in [7, 11) is 0. The highest BCUT2D eigenvalue weighted by atomic mass is 35.5. The van der Waals surface area contributed by atoms with Crippen molar-refractivity contribution < 1.29 is 5.21 Å². The molecule has 0 saturated heterocycles. The van der Waals surface area contributed by atoms with Gasteiger partial charge in [-0.25, -0.2) is 9.98 Å². The van der Waals surface area contributed by atoms with E-state index in [4.69, 9.17) is 16.1 Å². The number of nitrogens with two attached hydrogens (primary N) is 1. The van der Waals surface area contributed by atoms with Crippen molar-refractivity contribution in [1.29, 1.82) is 5.41 Å². The predicted octanol–water partition coefficient (Wildman–Crippen LogP) is 4.00. The highest BCUT2D eigenvalue weighted by Crippen LogP contribution is 2.35. The summed E-state index contributed by atoms with van der Waals surface area (Å²) < 4.78 is 0. The summed E-state index contributed by atoms with van der Waals surface area (Å²) in [6.45, 7) is 0. The Kier molecular flexibility index (Phi) is 6.64. The molecule has 1 aliphatic heterocycles. The summed E-state index contributed by atoms with van der Waals surface area (Å²) in [5, 5.41) is 20.2. The quantitative estimate of drug-likeness (QED) is 0.258. The fourth-order valence-electron chi connectivity index (χ4n) is 4.19. The van der Waals surface area contributed by atoms with E-state index in [-0.39, 0.29) is 42.4 Å². The molecular weight excluding hydrogens is 447 g/mol. The molecule has 0 radical (unpaired) electrons. The highest BCUT2D eigenvalue weighted by Gasteiger charge is 2.47. The summed E-state index contributed by atoms with van der Waals surface area (Å²) >= 11 is 0. The first-order valence-corrected chi connectivity index (χ1v) is 9.70. The zero-order chi connectivity index (χ0) is 20.7. The van der Waals surface area contributed by atoms with Crippen LogP contribution >= 0.6 is 24.8 Å². The number of nitrogens with one attached hydrogen (secondary N) is 2. The van der Waals surface area contributed by atoms with E-state index < -0.39 is 5.54 Å². The molecule has 3 aromatic rings. The van der Waals surface area contributed by atoms with Crippen LogP contribution in [0.5, 0.6) is 0 Å². The molecule has 3 aromatic carbocycles. The van der Waals surface area contributed by atoms with Gasteiger partial charge in [-0.1, -0.05) is 60.7 Å². The van der Waals surface area contributed by atoms with Crippen molar-refractivity contribution in [2.24, 2.45) is 20.7 Å². The molecule has 32 heavy (non-hydrogen) atoms. The van der Waals surface area contributed by atoms with Crippen molar-refractivity contribution in [3.8, 4) is 0 Å². The summed E-state index contributed by atoms with van der Waals surface area (Å²) in [4.78, 5) is 13.7. The molecule has 0 amide bonds. The third kappa shape index (κ3) is 3.64. The van der Waals surface area contributed by atoms with Crippen LogP contribution in [0.25, 0.3) is 10.8 Å². The van der Waals surface area contributed by atoms with E-state index in [0.29, 0.717) is 5.56 Å². The van der Waals surface area contributed by atoms with Crippen molar-refractivity contribution in [1.82, 2.24) is 5.48 Å². The highest BCUT2D eigenvalue weighted by molar-refractivity contribution is 6.24. The zero-order valence-electron chi connectivity index (χ0n) is 16.9. The average molecular weight is 469 g/mol. The molecule has 1 unspecified atom stereocenters. The molecule has 1 aliphatic carbocycles. The van der Waals surface area contributed by atoms with Crippen LogP contribution in [0.4, 0.5) is 0 Å². The number of aryl methyl sites for hydroxylation is 1. The Morgan fingerprint density at radius 3 is 2.50 bits per heavy atom. The molecule has 0 aromatic heterocycles. The first-order chi connectivity index (χ1) is 14.6. The second-order valence-electron chi connectivity index (χ2n) is 7.38. The lowest BCUT2D eigenvalue weighted by Gasteiger charge is -2.27. The van der Waals surface area contributed by atoms with Gasteiger partial charge in [0.15, 0.2) is 11.7 Å². The van der Waals surface area contributed by atoms with E-state index in [2.05, 4.69) is 16.1 Å². The first kappa shape index (κ1) is 23.4. The van der Waals surface area contributed by atoms with E-state index in [9.17, 15) is 5.21 Å². The number of benzene rings is 3. The van der Waals surface area contributed by atoms with Crippen LogP contribution in [0.2, 0.25) is 0 Å². The van der Waals surface area contributed by atoms with Crippen molar-refractivity contribution in [3.63, 3.8) is 0 Å². The predicted molar refractivity (Wildman–Crippen MR) is 133 cm³/mol. The molecule has 5 rings (SSSR count). The van der Waals surface area contributed by atoms with Gasteiger partial charge in [0.25, 0.3) is 0 Å². The molecule has 0 saturated carbocycles. The largest absolute Gasteiger partial charge is 0.368 e. The maximum atomic E-state index is 9.67. The van der Waals surface area contributed by atoms with Crippen molar-refractivity contribution in [2.75, 3.05) is 0 Å². The minimum atomic E-state index is -1.44. The van der Waals surface area contributed by atoms with E-state index >= 15 is 0 Å². The number of nitrogens with zero attached hydrogens (tertiary/aromatic N) is 3. The molecule has 0 bridgehead atoms. The Morgan fingerprint density at radius 2 is 1.72 bits per heavy atom. The fraction of sp³-hybridized carbons (Fsp3) is 0.130. The molecule has 9 heteroatoms. The minimum absolute atomic E-state index is 0. The van der Waals surface area contributed by atoms with Gasteiger partial charge in [-0.2, -0.15) is 4.99 Å². The average Bonchev–Trinajstić information content (AvgIpc) is 3.34. The van der Waals surface area contributed by atoms with Gasteiger partial charge in [-0.15, -0.1) is 24.8 Å². The van der Waals surface area contributed by atoms with Crippen LogP contribution in [-0.2, 0) is 12.0 Å². The van der Waals surface area contributed by atoms with E-state index in [0.717, 1.165) is 34.9 Å². The molecule has 1 heterocycles. The maximum Gasteiger partial charge on any atom is 0.219 e. The van der Waals surface area contributed by atoms with Crippen LogP contribution in [0, 0.1) is 5.41 Å². The van der Waals surface area contributed by atoms with Crippen molar-refractivity contribution >= 4 is 58.9 Å². The molecule has 2 aliphatic rings. The van der Waals surface area contributed by atoms with Gasteiger partial charge in [-0.05, 0) is 46.4 Å². The van der Waals surface area contributed by atoms with E-state index in [1.807, 2.05) is 66.1 Å². The third-order valence-corrected chi connectivity index (χ3v) is 5.67. The van der Waals surface area contributed by atoms with Gasteiger partial charge >= 0.3 is 0 Å². The number of hydroxylamine groups is 1. The Balaban J connectivity index is 0.00000144. The van der Waals surface area contributed by atoms with Crippen molar-refractivity contribution in [2.45, 2.75) is 18.4 Å². The van der Waals surface area contributed by atoms with E-state index in [1.165, 1.54) is 5.56 Å². The van der Waals surface area contributed by atoms with Gasteiger partial charge in [0.2, 0.25) is 11.5 Å². The Labute approximate surface area is 197 Å². The normalized spacial score (nSPS) is 20.1. The molecule has 1 atom stereocenters. The number of amidine groups is 2. The topological polar surface area (TPSA) is 119 Å². The Hall–Kier alpha value is -3.26. The molecule has 164 valence electrons. The van der Waals surface area contributed by atoms with Crippen molar-refractivity contribution in [3.05, 3.63) is 83.4 Å². The number of guanidine groups is 1. The summed E-state index contributed by atoms with van der Waals surface area (Å²) in [5.74, 6) is 0.0370. The smallest absolute Gasteiger partial charge is 0.219 e. The number of aliphatic imine (C=N–C) groups is 3. The second kappa shape index (κ2) is 9.08. The number of hydrogen-bond acceptors (Lipinski definition) is 6. The monoisotopic (exact) mass is 468 g/mol. The fourth-order valence-corrected chi connectivity index (χ4v) is 4.19.